The molecule has 3 rings (SSSR count). The second-order valence-electron chi connectivity index (χ2n) is 7.23. The van der Waals surface area contributed by atoms with Crippen LogP contribution in [0.5, 0.6) is 0 Å². The molecule has 0 aliphatic carbocycles. The molecule has 13 heteroatoms. The van der Waals surface area contributed by atoms with Gasteiger partial charge in [0.2, 0.25) is 0 Å². The van der Waals surface area contributed by atoms with Gasteiger partial charge in [-0.3, -0.25) is 9.96 Å². The van der Waals surface area contributed by atoms with Crippen LogP contribution in [0.3, 0.4) is 0 Å². The number of nitrogens with zero attached hydrogens (tertiary/aromatic N) is 2. The molecule has 3 N–H and O–H groups in total. The fourth-order valence-corrected chi connectivity index (χ4v) is 5.87. The third-order valence-electron chi connectivity index (χ3n) is 5.37. The number of hydrogen-bond donors (Lipinski definition) is 3. The van der Waals surface area contributed by atoms with Gasteiger partial charge in [-0.25, -0.2) is 13.2 Å². The van der Waals surface area contributed by atoms with Crippen molar-refractivity contribution >= 4 is 32.1 Å². The van der Waals surface area contributed by atoms with Crippen LogP contribution in [0.4, 0.5) is 4.79 Å². The van der Waals surface area contributed by atoms with E-state index in [1.165, 1.54) is 4.90 Å². The van der Waals surface area contributed by atoms with Gasteiger partial charge in [-0.1, -0.05) is 0 Å². The standard InChI is InChI=1S/C14H24N4O7S2/c15-13(16-6-3-10-4-7-26(20,21)8-5-10)12-2-1-11-9-17(12)14(19)18(11)25-27(22,23)24/h10-12H,1-9H2,(H2,15,16)(H,22,23,24)/t11-,12+/m1/s1. The molecule has 2 atom stereocenters. The van der Waals surface area contributed by atoms with Crippen molar-refractivity contribution in [2.75, 3.05) is 24.6 Å². The fourth-order valence-electron chi connectivity index (χ4n) is 3.89. The molecule has 0 aromatic heterocycles. The first-order valence-corrected chi connectivity index (χ1v) is 12.0. The van der Waals surface area contributed by atoms with Crippen molar-refractivity contribution in [2.24, 2.45) is 5.92 Å². The highest BCUT2D eigenvalue weighted by atomic mass is 32.3. The molecule has 154 valence electrons. The molecule has 0 unspecified atom stereocenters. The van der Waals surface area contributed by atoms with Gasteiger partial charge in [0.05, 0.1) is 23.6 Å². The molecule has 2 amide bonds. The molecule has 2 bridgehead atoms. The summed E-state index contributed by atoms with van der Waals surface area (Å²) in [5.41, 5.74) is 0. The Hall–Kier alpha value is -1.44. The molecule has 0 saturated carbocycles. The Balaban J connectivity index is 1.49. The number of amides is 2. The third-order valence-corrected chi connectivity index (χ3v) is 7.44. The number of hydroxylamine groups is 2. The highest BCUT2D eigenvalue weighted by Crippen LogP contribution is 2.30. The highest BCUT2D eigenvalue weighted by molar-refractivity contribution is 7.91. The summed E-state index contributed by atoms with van der Waals surface area (Å²) in [7, 11) is -7.67. The number of carbonyl (C=O) groups is 1. The van der Waals surface area contributed by atoms with Crippen molar-refractivity contribution in [1.82, 2.24) is 15.3 Å². The monoisotopic (exact) mass is 424 g/mol. The van der Waals surface area contributed by atoms with Gasteiger partial charge in [0.15, 0.2) is 0 Å². The molecule has 3 heterocycles. The van der Waals surface area contributed by atoms with Crippen LogP contribution in [-0.2, 0) is 24.5 Å². The maximum Gasteiger partial charge on any atom is 0.418 e. The number of amidine groups is 1. The number of urea groups is 1. The Labute approximate surface area is 158 Å². The van der Waals surface area contributed by atoms with E-state index in [-0.39, 0.29) is 23.9 Å². The van der Waals surface area contributed by atoms with Crippen molar-refractivity contribution in [3.8, 4) is 0 Å². The molecule has 0 aromatic rings. The molecule has 3 aliphatic heterocycles. The minimum Gasteiger partial charge on any atom is -0.372 e. The number of sulfone groups is 1. The molecule has 0 aromatic carbocycles. The van der Waals surface area contributed by atoms with Crippen LogP contribution < -0.4 is 5.32 Å². The van der Waals surface area contributed by atoms with Gasteiger partial charge < -0.3 is 10.2 Å². The van der Waals surface area contributed by atoms with Gasteiger partial charge in [0, 0.05) is 13.1 Å². The van der Waals surface area contributed by atoms with Gasteiger partial charge in [-0.15, -0.1) is 4.28 Å². The van der Waals surface area contributed by atoms with E-state index >= 15 is 0 Å². The number of piperidine rings is 1. The Morgan fingerprint density at radius 3 is 2.56 bits per heavy atom. The minimum atomic E-state index is -4.79. The Bertz CT molecular complexity index is 799. The average molecular weight is 425 g/mol. The van der Waals surface area contributed by atoms with Gasteiger partial charge in [-0.05, 0) is 38.0 Å². The summed E-state index contributed by atoms with van der Waals surface area (Å²) in [5, 5.41) is 11.9. The van der Waals surface area contributed by atoms with Crippen molar-refractivity contribution < 1.29 is 30.5 Å². The van der Waals surface area contributed by atoms with Crippen LogP contribution in [0.1, 0.15) is 32.1 Å². The molecule has 3 fully saturated rings. The topological polar surface area (TPSA) is 157 Å². The van der Waals surface area contributed by atoms with E-state index in [4.69, 9.17) is 9.96 Å². The lowest BCUT2D eigenvalue weighted by molar-refractivity contribution is -0.0316. The fraction of sp³-hybridized carbons (Fsp3) is 0.857. The number of rotatable bonds is 6. The zero-order chi connectivity index (χ0) is 19.8. The lowest BCUT2D eigenvalue weighted by atomic mass is 9.98. The van der Waals surface area contributed by atoms with Crippen LogP contribution in [-0.4, -0.2) is 79.9 Å². The molecule has 0 radical (unpaired) electrons. The molecular formula is C14H24N4O7S2. The number of hydrogen-bond acceptors (Lipinski definition) is 7. The first kappa shape index (κ1) is 20.3. The van der Waals surface area contributed by atoms with Gasteiger partial charge in [0.1, 0.15) is 15.7 Å². The lowest BCUT2D eigenvalue weighted by Gasteiger charge is -2.31. The van der Waals surface area contributed by atoms with Crippen LogP contribution in [0.2, 0.25) is 0 Å². The summed E-state index contributed by atoms with van der Waals surface area (Å²) in [4.78, 5) is 13.7. The predicted molar refractivity (Wildman–Crippen MR) is 95.1 cm³/mol. The number of fused-ring (bicyclic) bond motifs is 2. The zero-order valence-corrected chi connectivity index (χ0v) is 16.3. The van der Waals surface area contributed by atoms with Crippen molar-refractivity contribution in [1.29, 1.82) is 5.41 Å². The van der Waals surface area contributed by atoms with Gasteiger partial charge in [0.25, 0.3) is 0 Å². The van der Waals surface area contributed by atoms with Crippen molar-refractivity contribution in [2.45, 2.75) is 44.2 Å². The number of nitrogens with one attached hydrogen (secondary N) is 2. The summed E-state index contributed by atoms with van der Waals surface area (Å²) in [6.07, 6.45) is 2.95. The first-order chi connectivity index (χ1) is 12.6. The molecule has 3 aliphatic rings. The smallest absolute Gasteiger partial charge is 0.372 e. The first-order valence-electron chi connectivity index (χ1n) is 8.85. The van der Waals surface area contributed by atoms with E-state index in [0.717, 1.165) is 6.42 Å². The van der Waals surface area contributed by atoms with E-state index in [1.807, 2.05) is 0 Å². The second kappa shape index (κ2) is 7.53. The molecule has 11 nitrogen and oxygen atoms in total. The Morgan fingerprint density at radius 2 is 1.93 bits per heavy atom. The van der Waals surface area contributed by atoms with E-state index in [0.29, 0.717) is 43.2 Å². The summed E-state index contributed by atoms with van der Waals surface area (Å²) in [6.45, 7) is 0.736. The minimum absolute atomic E-state index is 0.166. The average Bonchev–Trinajstić information content (AvgIpc) is 2.80. The van der Waals surface area contributed by atoms with Crippen LogP contribution >= 0.6 is 0 Å². The quantitative estimate of drug-likeness (QED) is 0.300. The normalized spacial score (nSPS) is 28.4. The summed E-state index contributed by atoms with van der Waals surface area (Å²) >= 11 is 0. The Morgan fingerprint density at radius 1 is 1.26 bits per heavy atom. The van der Waals surface area contributed by atoms with Crippen LogP contribution in [0.15, 0.2) is 0 Å². The van der Waals surface area contributed by atoms with Crippen molar-refractivity contribution in [3.63, 3.8) is 0 Å². The van der Waals surface area contributed by atoms with Gasteiger partial charge >= 0.3 is 16.4 Å². The molecular weight excluding hydrogens is 400 g/mol. The summed E-state index contributed by atoms with van der Waals surface area (Å²) in [6, 6.07) is -1.67. The molecule has 27 heavy (non-hydrogen) atoms. The van der Waals surface area contributed by atoms with E-state index in [2.05, 4.69) is 9.60 Å². The largest absolute Gasteiger partial charge is 0.418 e. The second-order valence-corrected chi connectivity index (χ2v) is 10.5. The molecule has 0 spiro atoms. The van der Waals surface area contributed by atoms with Gasteiger partial charge in [-0.2, -0.15) is 13.5 Å². The van der Waals surface area contributed by atoms with E-state index in [9.17, 15) is 21.6 Å². The number of carbonyl (C=O) groups excluding carboxylic acids is 1. The maximum atomic E-state index is 12.3. The lowest BCUT2D eigenvalue weighted by Crippen LogP contribution is -2.49. The summed E-state index contributed by atoms with van der Waals surface area (Å²) < 4.78 is 57.9. The Kier molecular flexibility index (Phi) is 5.66. The SMILES string of the molecule is N=C(NCCC1CCS(=O)(=O)CC1)[C@@H]1CC[C@@H]2CN1C(=O)N2OS(=O)(=O)O. The van der Waals surface area contributed by atoms with Crippen LogP contribution in [0.25, 0.3) is 0 Å². The predicted octanol–water partition coefficient (Wildman–Crippen LogP) is -0.229. The molecule has 3 saturated heterocycles. The van der Waals surface area contributed by atoms with E-state index in [1.54, 1.807) is 0 Å². The van der Waals surface area contributed by atoms with Crippen molar-refractivity contribution in [3.05, 3.63) is 0 Å². The highest BCUT2D eigenvalue weighted by Gasteiger charge is 2.48. The maximum absolute atomic E-state index is 12.3. The van der Waals surface area contributed by atoms with E-state index < -0.39 is 38.4 Å². The third kappa shape index (κ3) is 4.89. The van der Waals surface area contributed by atoms with Crippen LogP contribution in [0, 0.1) is 11.3 Å². The summed E-state index contributed by atoms with van der Waals surface area (Å²) in [5.74, 6) is 0.895. The zero-order valence-electron chi connectivity index (χ0n) is 14.7.